The van der Waals surface area contributed by atoms with E-state index in [2.05, 4.69) is 46.7 Å². The van der Waals surface area contributed by atoms with Crippen LogP contribution in [-0.2, 0) is 6.54 Å². The van der Waals surface area contributed by atoms with Crippen LogP contribution in [0.15, 0.2) is 36.4 Å². The molecule has 0 fully saturated rings. The largest absolute Gasteiger partial charge is 0.478 e. The van der Waals surface area contributed by atoms with Gasteiger partial charge in [0.15, 0.2) is 0 Å². The minimum absolute atomic E-state index is 0.596. The smallest absolute Gasteiger partial charge is 0.139 e. The third-order valence-corrected chi connectivity index (χ3v) is 3.38. The lowest BCUT2D eigenvalue weighted by molar-refractivity contribution is 0.258. The predicted octanol–water partition coefficient (Wildman–Crippen LogP) is 2.76. The SMILES string of the molecule is c1ccc2c(c1)[nH]c1c3c(ccc12)OCNC3. The van der Waals surface area contributed by atoms with Crippen molar-refractivity contribution in [3.63, 3.8) is 0 Å². The summed E-state index contributed by atoms with van der Waals surface area (Å²) >= 11 is 0. The van der Waals surface area contributed by atoms with Crippen molar-refractivity contribution in [3.8, 4) is 5.75 Å². The second kappa shape index (κ2) is 3.25. The zero-order chi connectivity index (χ0) is 11.2. The van der Waals surface area contributed by atoms with Crippen molar-refractivity contribution in [3.05, 3.63) is 42.0 Å². The second-order valence-corrected chi connectivity index (χ2v) is 4.35. The molecule has 0 amide bonds. The van der Waals surface area contributed by atoms with E-state index in [1.54, 1.807) is 0 Å². The van der Waals surface area contributed by atoms with E-state index in [-0.39, 0.29) is 0 Å². The number of para-hydroxylation sites is 1. The number of fused-ring (bicyclic) bond motifs is 5. The Morgan fingerprint density at radius 3 is 2.94 bits per heavy atom. The van der Waals surface area contributed by atoms with E-state index in [0.717, 1.165) is 12.3 Å². The molecule has 4 rings (SSSR count). The average molecular weight is 224 g/mol. The summed E-state index contributed by atoms with van der Waals surface area (Å²) in [6.45, 7) is 1.46. The van der Waals surface area contributed by atoms with E-state index in [1.165, 1.54) is 27.4 Å². The number of benzene rings is 2. The summed E-state index contributed by atoms with van der Waals surface area (Å²) in [5.41, 5.74) is 3.60. The van der Waals surface area contributed by atoms with Gasteiger partial charge in [-0.25, -0.2) is 0 Å². The lowest BCUT2D eigenvalue weighted by Crippen LogP contribution is -2.25. The lowest BCUT2D eigenvalue weighted by Gasteiger charge is -2.18. The molecule has 0 saturated carbocycles. The van der Waals surface area contributed by atoms with Gasteiger partial charge < -0.3 is 9.72 Å². The Bertz CT molecular complexity index is 715. The average Bonchev–Trinajstić information content (AvgIpc) is 2.78. The summed E-state index contributed by atoms with van der Waals surface area (Å²) in [5, 5.41) is 5.78. The molecule has 2 heterocycles. The molecule has 0 aliphatic carbocycles. The van der Waals surface area contributed by atoms with Gasteiger partial charge >= 0.3 is 0 Å². The summed E-state index contributed by atoms with van der Waals surface area (Å²) < 4.78 is 5.60. The molecule has 3 nitrogen and oxygen atoms in total. The van der Waals surface area contributed by atoms with Crippen molar-refractivity contribution in [2.24, 2.45) is 0 Å². The molecule has 1 aliphatic heterocycles. The zero-order valence-corrected chi connectivity index (χ0v) is 9.29. The van der Waals surface area contributed by atoms with E-state index >= 15 is 0 Å². The molecular formula is C14H12N2O. The standard InChI is InChI=1S/C14H12N2O/c1-2-4-12-9(3-1)10-5-6-13-11(14(10)16-12)7-15-8-17-13/h1-6,15-16H,7-8H2. The van der Waals surface area contributed by atoms with Gasteiger partial charge in [0.25, 0.3) is 0 Å². The fourth-order valence-electron chi connectivity index (χ4n) is 2.57. The van der Waals surface area contributed by atoms with Gasteiger partial charge in [0.2, 0.25) is 0 Å². The van der Waals surface area contributed by atoms with Crippen molar-refractivity contribution in [1.29, 1.82) is 0 Å². The first-order valence-electron chi connectivity index (χ1n) is 5.79. The van der Waals surface area contributed by atoms with Crippen molar-refractivity contribution in [2.45, 2.75) is 6.54 Å². The predicted molar refractivity (Wildman–Crippen MR) is 68.1 cm³/mol. The summed E-state index contributed by atoms with van der Waals surface area (Å²) in [6.07, 6.45) is 0. The molecule has 2 N–H and O–H groups in total. The van der Waals surface area contributed by atoms with E-state index in [0.29, 0.717) is 6.73 Å². The monoisotopic (exact) mass is 224 g/mol. The molecule has 17 heavy (non-hydrogen) atoms. The van der Waals surface area contributed by atoms with E-state index in [4.69, 9.17) is 4.74 Å². The molecular weight excluding hydrogens is 212 g/mol. The maximum atomic E-state index is 5.60. The topological polar surface area (TPSA) is 37.0 Å². The molecule has 0 bridgehead atoms. The van der Waals surface area contributed by atoms with Crippen LogP contribution in [0.1, 0.15) is 5.56 Å². The number of ether oxygens (including phenoxy) is 1. The van der Waals surface area contributed by atoms with Crippen LogP contribution < -0.4 is 10.1 Å². The number of H-pyrrole nitrogens is 1. The first-order valence-corrected chi connectivity index (χ1v) is 5.79. The maximum Gasteiger partial charge on any atom is 0.139 e. The third-order valence-electron chi connectivity index (χ3n) is 3.38. The molecule has 0 saturated heterocycles. The third kappa shape index (κ3) is 1.20. The highest BCUT2D eigenvalue weighted by Gasteiger charge is 2.15. The van der Waals surface area contributed by atoms with Crippen molar-refractivity contribution in [2.75, 3.05) is 6.73 Å². The van der Waals surface area contributed by atoms with Gasteiger partial charge in [-0.1, -0.05) is 18.2 Å². The van der Waals surface area contributed by atoms with Crippen molar-refractivity contribution >= 4 is 21.8 Å². The molecule has 0 unspecified atom stereocenters. The quantitative estimate of drug-likeness (QED) is 0.616. The Hall–Kier alpha value is -2.00. The Labute approximate surface area is 98.4 Å². The minimum atomic E-state index is 0.596. The zero-order valence-electron chi connectivity index (χ0n) is 9.29. The fourth-order valence-corrected chi connectivity index (χ4v) is 2.57. The van der Waals surface area contributed by atoms with Crippen LogP contribution in [0.25, 0.3) is 21.8 Å². The molecule has 1 aliphatic rings. The first-order chi connectivity index (χ1) is 8.43. The fraction of sp³-hybridized carbons (Fsp3) is 0.143. The second-order valence-electron chi connectivity index (χ2n) is 4.35. The van der Waals surface area contributed by atoms with Crippen LogP contribution in [0.3, 0.4) is 0 Å². The summed E-state index contributed by atoms with van der Waals surface area (Å²) in [6, 6.07) is 12.6. The highest BCUT2D eigenvalue weighted by molar-refractivity contribution is 6.08. The molecule has 1 aromatic heterocycles. The Morgan fingerprint density at radius 1 is 1.00 bits per heavy atom. The van der Waals surface area contributed by atoms with Crippen LogP contribution in [0.5, 0.6) is 5.75 Å². The highest BCUT2D eigenvalue weighted by atomic mass is 16.5. The molecule has 3 aromatic rings. The van der Waals surface area contributed by atoms with E-state index in [9.17, 15) is 0 Å². The van der Waals surface area contributed by atoms with Gasteiger partial charge in [0.05, 0.1) is 5.52 Å². The molecule has 2 aromatic carbocycles. The van der Waals surface area contributed by atoms with Gasteiger partial charge in [0, 0.05) is 28.4 Å². The first kappa shape index (κ1) is 9.07. The lowest BCUT2D eigenvalue weighted by atomic mass is 10.1. The summed E-state index contributed by atoms with van der Waals surface area (Å²) in [5.74, 6) is 0.989. The van der Waals surface area contributed by atoms with E-state index < -0.39 is 0 Å². The van der Waals surface area contributed by atoms with Crippen molar-refractivity contribution < 1.29 is 4.74 Å². The highest BCUT2D eigenvalue weighted by Crippen LogP contribution is 2.33. The van der Waals surface area contributed by atoms with Crippen LogP contribution in [-0.4, -0.2) is 11.7 Å². The molecule has 0 spiro atoms. The number of hydrogen-bond acceptors (Lipinski definition) is 2. The van der Waals surface area contributed by atoms with Crippen LogP contribution in [0.2, 0.25) is 0 Å². The number of rotatable bonds is 0. The van der Waals surface area contributed by atoms with Gasteiger partial charge in [-0.15, -0.1) is 0 Å². The Morgan fingerprint density at radius 2 is 1.94 bits per heavy atom. The van der Waals surface area contributed by atoms with Crippen LogP contribution >= 0.6 is 0 Å². The van der Waals surface area contributed by atoms with Gasteiger partial charge in [-0.3, -0.25) is 5.32 Å². The van der Waals surface area contributed by atoms with Crippen LogP contribution in [0, 0.1) is 0 Å². The number of hydrogen-bond donors (Lipinski definition) is 2. The summed E-state index contributed by atoms with van der Waals surface area (Å²) in [4.78, 5) is 3.49. The maximum absolute atomic E-state index is 5.60. The number of nitrogens with one attached hydrogen (secondary N) is 2. The Kier molecular flexibility index (Phi) is 1.73. The van der Waals surface area contributed by atoms with Crippen molar-refractivity contribution in [1.82, 2.24) is 10.3 Å². The van der Waals surface area contributed by atoms with E-state index in [1.807, 2.05) is 0 Å². The normalized spacial score (nSPS) is 14.8. The number of aromatic amines is 1. The molecule has 84 valence electrons. The molecule has 0 radical (unpaired) electrons. The molecule has 0 atom stereocenters. The number of aromatic nitrogens is 1. The Balaban J connectivity index is 2.16. The molecule has 3 heteroatoms. The van der Waals surface area contributed by atoms with Gasteiger partial charge in [-0.05, 0) is 18.2 Å². The van der Waals surface area contributed by atoms with Gasteiger partial charge in [0.1, 0.15) is 12.5 Å². The van der Waals surface area contributed by atoms with Crippen LogP contribution in [0.4, 0.5) is 0 Å². The van der Waals surface area contributed by atoms with Gasteiger partial charge in [-0.2, -0.15) is 0 Å². The minimum Gasteiger partial charge on any atom is -0.478 e. The summed E-state index contributed by atoms with van der Waals surface area (Å²) in [7, 11) is 0.